The highest BCUT2D eigenvalue weighted by molar-refractivity contribution is 5.90. The number of benzene rings is 1. The van der Waals surface area contributed by atoms with E-state index in [1.807, 2.05) is 51.1 Å². The summed E-state index contributed by atoms with van der Waals surface area (Å²) in [5, 5.41) is 2.99. The van der Waals surface area contributed by atoms with Crippen LogP contribution in [0.25, 0.3) is 0 Å². The lowest BCUT2D eigenvalue weighted by Crippen LogP contribution is -2.76. The van der Waals surface area contributed by atoms with Gasteiger partial charge in [-0.3, -0.25) is 9.59 Å². The molecule has 0 aromatic heterocycles. The molecule has 1 aromatic carbocycles. The van der Waals surface area contributed by atoms with E-state index in [0.717, 1.165) is 5.75 Å². The van der Waals surface area contributed by atoms with Gasteiger partial charge in [0.1, 0.15) is 17.9 Å². The molecule has 1 saturated carbocycles. The number of rotatable bonds is 8. The first-order valence-electron chi connectivity index (χ1n) is 9.95. The predicted molar refractivity (Wildman–Crippen MR) is 106 cm³/mol. The molecule has 3 unspecified atom stereocenters. The standard InChI is InChI=1S/C21H31N3O4/c1-4-27-17-13-21(22,20(17,2)3)19(26)23-15-12-18(25)24(14-15)10-11-28-16-8-6-5-7-9-16/h5-9,15,17H,4,10-14,22H2,1-3H3,(H,23,26). The first-order chi connectivity index (χ1) is 13.3. The zero-order valence-electron chi connectivity index (χ0n) is 16.9. The second-order valence-corrected chi connectivity index (χ2v) is 8.22. The second kappa shape index (κ2) is 8.09. The van der Waals surface area contributed by atoms with Gasteiger partial charge in [-0.15, -0.1) is 0 Å². The lowest BCUT2D eigenvalue weighted by Gasteiger charge is -2.57. The second-order valence-electron chi connectivity index (χ2n) is 8.22. The molecule has 1 heterocycles. The average Bonchev–Trinajstić information content (AvgIpc) is 3.01. The Kier molecular flexibility index (Phi) is 5.95. The summed E-state index contributed by atoms with van der Waals surface area (Å²) < 4.78 is 11.3. The highest BCUT2D eigenvalue weighted by atomic mass is 16.5. The fourth-order valence-electron chi connectivity index (χ4n) is 4.01. The van der Waals surface area contributed by atoms with Crippen molar-refractivity contribution in [1.29, 1.82) is 0 Å². The van der Waals surface area contributed by atoms with E-state index >= 15 is 0 Å². The maximum Gasteiger partial charge on any atom is 0.241 e. The van der Waals surface area contributed by atoms with Gasteiger partial charge in [-0.2, -0.15) is 0 Å². The molecule has 0 bridgehead atoms. The van der Waals surface area contributed by atoms with Gasteiger partial charge >= 0.3 is 0 Å². The number of amides is 2. The van der Waals surface area contributed by atoms with Crippen LogP contribution in [0, 0.1) is 5.41 Å². The number of ether oxygens (including phenoxy) is 2. The maximum atomic E-state index is 12.8. The fraction of sp³-hybridized carbons (Fsp3) is 0.619. The first-order valence-corrected chi connectivity index (χ1v) is 9.95. The smallest absolute Gasteiger partial charge is 0.241 e. The van der Waals surface area contributed by atoms with Crippen molar-refractivity contribution in [3.8, 4) is 5.75 Å². The average molecular weight is 389 g/mol. The number of hydrogen-bond donors (Lipinski definition) is 2. The Labute approximate surface area is 166 Å². The number of carbonyl (C=O) groups is 2. The van der Waals surface area contributed by atoms with Crippen molar-refractivity contribution in [2.45, 2.75) is 51.3 Å². The third-order valence-electron chi connectivity index (χ3n) is 6.16. The van der Waals surface area contributed by atoms with E-state index in [-0.39, 0.29) is 24.0 Å². The van der Waals surface area contributed by atoms with E-state index in [2.05, 4.69) is 5.32 Å². The Hall–Kier alpha value is -2.12. The minimum Gasteiger partial charge on any atom is -0.492 e. The summed E-state index contributed by atoms with van der Waals surface area (Å²) in [6, 6.07) is 9.27. The van der Waals surface area contributed by atoms with Crippen LogP contribution in [-0.4, -0.2) is 60.7 Å². The molecule has 28 heavy (non-hydrogen) atoms. The van der Waals surface area contributed by atoms with Gasteiger partial charge in [-0.1, -0.05) is 32.0 Å². The summed E-state index contributed by atoms with van der Waals surface area (Å²) in [5.74, 6) is 0.599. The van der Waals surface area contributed by atoms with Crippen LogP contribution in [0.3, 0.4) is 0 Å². The van der Waals surface area contributed by atoms with E-state index in [1.165, 1.54) is 0 Å². The lowest BCUT2D eigenvalue weighted by atomic mass is 9.54. The van der Waals surface area contributed by atoms with Crippen LogP contribution in [0.4, 0.5) is 0 Å². The van der Waals surface area contributed by atoms with E-state index in [9.17, 15) is 9.59 Å². The molecule has 1 aliphatic carbocycles. The molecule has 2 aliphatic rings. The van der Waals surface area contributed by atoms with Crippen molar-refractivity contribution < 1.29 is 19.1 Å². The summed E-state index contributed by atoms with van der Waals surface area (Å²) >= 11 is 0. The summed E-state index contributed by atoms with van der Waals surface area (Å²) in [6.45, 7) is 7.85. The maximum absolute atomic E-state index is 12.8. The summed E-state index contributed by atoms with van der Waals surface area (Å²) in [7, 11) is 0. The zero-order valence-corrected chi connectivity index (χ0v) is 16.9. The van der Waals surface area contributed by atoms with Gasteiger partial charge in [0, 0.05) is 31.4 Å². The van der Waals surface area contributed by atoms with Gasteiger partial charge in [0.15, 0.2) is 0 Å². The number of nitrogens with one attached hydrogen (secondary N) is 1. The summed E-state index contributed by atoms with van der Waals surface area (Å²) in [4.78, 5) is 26.8. The van der Waals surface area contributed by atoms with Gasteiger partial charge in [-0.25, -0.2) is 0 Å². The number of likely N-dealkylation sites (tertiary alicyclic amines) is 1. The van der Waals surface area contributed by atoms with Crippen LogP contribution < -0.4 is 15.8 Å². The largest absolute Gasteiger partial charge is 0.492 e. The van der Waals surface area contributed by atoms with Crippen molar-refractivity contribution >= 4 is 11.8 Å². The third-order valence-corrected chi connectivity index (χ3v) is 6.16. The molecule has 3 rings (SSSR count). The highest BCUT2D eigenvalue weighted by Gasteiger charge is 2.63. The van der Waals surface area contributed by atoms with Crippen molar-refractivity contribution in [3.63, 3.8) is 0 Å². The highest BCUT2D eigenvalue weighted by Crippen LogP contribution is 2.49. The van der Waals surface area contributed by atoms with E-state index in [0.29, 0.717) is 39.1 Å². The minimum atomic E-state index is -0.972. The van der Waals surface area contributed by atoms with Gasteiger partial charge in [-0.05, 0) is 19.1 Å². The topological polar surface area (TPSA) is 93.9 Å². The van der Waals surface area contributed by atoms with Crippen molar-refractivity contribution in [1.82, 2.24) is 10.2 Å². The molecule has 3 atom stereocenters. The molecule has 154 valence electrons. The fourth-order valence-corrected chi connectivity index (χ4v) is 4.01. The van der Waals surface area contributed by atoms with Crippen LogP contribution in [0.2, 0.25) is 0 Å². The van der Waals surface area contributed by atoms with Gasteiger partial charge in [0.05, 0.1) is 18.7 Å². The molecule has 0 spiro atoms. The molecular weight excluding hydrogens is 358 g/mol. The molecule has 0 radical (unpaired) electrons. The molecule has 3 N–H and O–H groups in total. The summed E-state index contributed by atoms with van der Waals surface area (Å²) in [5.41, 5.74) is 5.01. The van der Waals surface area contributed by atoms with Crippen LogP contribution in [0.15, 0.2) is 30.3 Å². The molecule has 7 heteroatoms. The molecule has 1 aliphatic heterocycles. The summed E-state index contributed by atoms with van der Waals surface area (Å²) in [6.07, 6.45) is 0.766. The molecule has 7 nitrogen and oxygen atoms in total. The Morgan fingerprint density at radius 1 is 1.32 bits per heavy atom. The quantitative estimate of drug-likeness (QED) is 0.699. The molecule has 1 saturated heterocycles. The van der Waals surface area contributed by atoms with E-state index in [1.54, 1.807) is 4.90 Å². The van der Waals surface area contributed by atoms with E-state index < -0.39 is 11.0 Å². The Bertz CT molecular complexity index is 709. The zero-order chi connectivity index (χ0) is 20.4. The number of carbonyl (C=O) groups excluding carboxylic acids is 2. The molecule has 2 amide bonds. The van der Waals surface area contributed by atoms with Crippen LogP contribution >= 0.6 is 0 Å². The number of hydrogen-bond acceptors (Lipinski definition) is 5. The Morgan fingerprint density at radius 2 is 2.04 bits per heavy atom. The van der Waals surface area contributed by atoms with Crippen molar-refractivity contribution in [3.05, 3.63) is 30.3 Å². The molecular formula is C21H31N3O4. The van der Waals surface area contributed by atoms with Crippen LogP contribution in [0.1, 0.15) is 33.6 Å². The monoisotopic (exact) mass is 389 g/mol. The lowest BCUT2D eigenvalue weighted by molar-refractivity contribution is -0.171. The minimum absolute atomic E-state index is 0.0214. The van der Waals surface area contributed by atoms with Gasteiger partial charge in [0.2, 0.25) is 11.8 Å². The Morgan fingerprint density at radius 3 is 2.68 bits per heavy atom. The first kappa shape index (κ1) is 20.6. The van der Waals surface area contributed by atoms with Crippen molar-refractivity contribution in [2.24, 2.45) is 11.1 Å². The van der Waals surface area contributed by atoms with Gasteiger partial charge < -0.3 is 25.4 Å². The molecule has 1 aromatic rings. The van der Waals surface area contributed by atoms with Crippen LogP contribution in [-0.2, 0) is 14.3 Å². The number of nitrogens with two attached hydrogens (primary N) is 1. The predicted octanol–water partition coefficient (Wildman–Crippen LogP) is 1.32. The van der Waals surface area contributed by atoms with Gasteiger partial charge in [0.25, 0.3) is 0 Å². The third kappa shape index (κ3) is 3.86. The molecule has 2 fully saturated rings. The van der Waals surface area contributed by atoms with Crippen molar-refractivity contribution in [2.75, 3.05) is 26.3 Å². The SMILES string of the molecule is CCOC1CC(N)(C(=O)NC2CC(=O)N(CCOc3ccccc3)C2)C1(C)C. The Balaban J connectivity index is 1.48. The van der Waals surface area contributed by atoms with E-state index in [4.69, 9.17) is 15.2 Å². The normalized spacial score (nSPS) is 28.7. The number of para-hydroxylation sites is 1. The van der Waals surface area contributed by atoms with Crippen LogP contribution in [0.5, 0.6) is 5.75 Å². The number of nitrogens with zero attached hydrogens (tertiary/aromatic N) is 1.